The Morgan fingerprint density at radius 1 is 1.17 bits per heavy atom. The second kappa shape index (κ2) is 7.24. The van der Waals surface area contributed by atoms with Gasteiger partial charge in [-0.2, -0.15) is 0 Å². The summed E-state index contributed by atoms with van der Waals surface area (Å²) in [6, 6.07) is 13.5. The number of rotatable bonds is 3. The molecule has 3 rings (SSSR count). The molecule has 1 fully saturated rings. The summed E-state index contributed by atoms with van der Waals surface area (Å²) in [6.45, 7) is 2.02. The topological polar surface area (TPSA) is 72.3 Å². The number of halogens is 1. The summed E-state index contributed by atoms with van der Waals surface area (Å²) >= 11 is 6.16. The van der Waals surface area contributed by atoms with Crippen LogP contribution in [0.25, 0.3) is 0 Å². The van der Waals surface area contributed by atoms with Gasteiger partial charge in [-0.3, -0.25) is 4.79 Å². The van der Waals surface area contributed by atoms with Crippen molar-refractivity contribution in [2.24, 2.45) is 5.73 Å². The number of carbonyl (C=O) groups excluding carboxylic acids is 1. The number of piperidine rings is 1. The summed E-state index contributed by atoms with van der Waals surface area (Å²) in [7, 11) is 0. The van der Waals surface area contributed by atoms with Crippen molar-refractivity contribution >= 4 is 23.2 Å². The van der Waals surface area contributed by atoms with Crippen LogP contribution in [0.15, 0.2) is 42.5 Å². The van der Waals surface area contributed by atoms with Crippen molar-refractivity contribution in [3.05, 3.63) is 64.2 Å². The molecule has 2 aromatic carbocycles. The third kappa shape index (κ3) is 3.55. The van der Waals surface area contributed by atoms with E-state index in [0.717, 1.165) is 31.5 Å². The van der Waals surface area contributed by atoms with Crippen LogP contribution < -0.4 is 11.5 Å². The van der Waals surface area contributed by atoms with Crippen LogP contribution in [0.2, 0.25) is 5.02 Å². The van der Waals surface area contributed by atoms with E-state index in [1.807, 2.05) is 11.0 Å². The second-order valence-corrected chi connectivity index (χ2v) is 6.66. The van der Waals surface area contributed by atoms with Crippen molar-refractivity contribution in [1.29, 1.82) is 0 Å². The Hall–Kier alpha value is -2.04. The third-order valence-corrected chi connectivity index (χ3v) is 4.98. The molecule has 0 radical (unpaired) electrons. The number of likely N-dealkylation sites (tertiary alicyclic amines) is 1. The van der Waals surface area contributed by atoms with Crippen LogP contribution >= 0.6 is 11.6 Å². The molecular weight excluding hydrogens is 322 g/mol. The van der Waals surface area contributed by atoms with E-state index in [0.29, 0.717) is 28.7 Å². The fourth-order valence-corrected chi connectivity index (χ4v) is 3.53. The predicted molar refractivity (Wildman–Crippen MR) is 98.1 cm³/mol. The summed E-state index contributed by atoms with van der Waals surface area (Å²) in [5, 5.41) is 0.415. The lowest BCUT2D eigenvalue weighted by Crippen LogP contribution is -2.38. The highest BCUT2D eigenvalue weighted by atomic mass is 35.5. The molecule has 1 heterocycles. The number of nitrogens with zero attached hydrogens (tertiary/aromatic N) is 1. The van der Waals surface area contributed by atoms with Crippen molar-refractivity contribution in [2.75, 3.05) is 18.8 Å². The van der Waals surface area contributed by atoms with E-state index in [2.05, 4.69) is 18.2 Å². The molecule has 0 bridgehead atoms. The maximum Gasteiger partial charge on any atom is 0.255 e. The molecule has 1 amide bonds. The van der Waals surface area contributed by atoms with E-state index in [9.17, 15) is 4.79 Å². The minimum Gasteiger partial charge on any atom is -0.399 e. The van der Waals surface area contributed by atoms with Gasteiger partial charge in [0.1, 0.15) is 0 Å². The average Bonchev–Trinajstić information content (AvgIpc) is 2.61. The van der Waals surface area contributed by atoms with E-state index in [-0.39, 0.29) is 5.91 Å². The summed E-state index contributed by atoms with van der Waals surface area (Å²) in [5.74, 6) is 0.455. The van der Waals surface area contributed by atoms with Gasteiger partial charge >= 0.3 is 0 Å². The fraction of sp³-hybridized carbons (Fsp3) is 0.316. The Morgan fingerprint density at radius 2 is 1.92 bits per heavy atom. The molecule has 4 nitrogen and oxygen atoms in total. The van der Waals surface area contributed by atoms with Crippen molar-refractivity contribution in [3.8, 4) is 0 Å². The van der Waals surface area contributed by atoms with Crippen LogP contribution in [-0.4, -0.2) is 23.9 Å². The summed E-state index contributed by atoms with van der Waals surface area (Å²) < 4.78 is 0. The molecule has 0 spiro atoms. The van der Waals surface area contributed by atoms with Gasteiger partial charge in [0.25, 0.3) is 5.91 Å². The van der Waals surface area contributed by atoms with Gasteiger partial charge in [0.05, 0.1) is 10.6 Å². The molecular formula is C19H22ClN3O. The lowest BCUT2D eigenvalue weighted by molar-refractivity contribution is 0.0713. The zero-order valence-corrected chi connectivity index (χ0v) is 14.3. The van der Waals surface area contributed by atoms with E-state index in [1.54, 1.807) is 18.2 Å². The molecule has 0 saturated carbocycles. The first kappa shape index (κ1) is 16.8. The summed E-state index contributed by atoms with van der Waals surface area (Å²) in [4.78, 5) is 14.5. The first-order chi connectivity index (χ1) is 11.6. The van der Waals surface area contributed by atoms with Gasteiger partial charge in [-0.05, 0) is 48.1 Å². The van der Waals surface area contributed by atoms with Gasteiger partial charge in [0.2, 0.25) is 0 Å². The lowest BCUT2D eigenvalue weighted by atomic mass is 9.88. The van der Waals surface area contributed by atoms with Crippen LogP contribution in [0.3, 0.4) is 0 Å². The molecule has 0 unspecified atom stereocenters. The molecule has 1 saturated heterocycles. The van der Waals surface area contributed by atoms with Crippen LogP contribution in [0.1, 0.15) is 40.2 Å². The first-order valence-electron chi connectivity index (χ1n) is 8.21. The Labute approximate surface area is 147 Å². The number of nitrogens with two attached hydrogens (primary N) is 2. The van der Waals surface area contributed by atoms with Crippen LogP contribution in [-0.2, 0) is 6.54 Å². The Bertz CT molecular complexity index is 739. The van der Waals surface area contributed by atoms with E-state index >= 15 is 0 Å². The van der Waals surface area contributed by atoms with Gasteiger partial charge in [-0.15, -0.1) is 0 Å². The molecule has 5 heteroatoms. The summed E-state index contributed by atoms with van der Waals surface area (Å²) in [5.41, 5.74) is 15.0. The van der Waals surface area contributed by atoms with E-state index in [4.69, 9.17) is 23.1 Å². The van der Waals surface area contributed by atoms with E-state index in [1.165, 1.54) is 5.56 Å². The molecule has 2 aromatic rings. The maximum absolute atomic E-state index is 12.7. The molecule has 126 valence electrons. The molecule has 0 aliphatic carbocycles. The van der Waals surface area contributed by atoms with Crippen molar-refractivity contribution in [1.82, 2.24) is 4.90 Å². The monoisotopic (exact) mass is 343 g/mol. The molecule has 1 aliphatic heterocycles. The minimum atomic E-state index is -0.0193. The highest BCUT2D eigenvalue weighted by molar-refractivity contribution is 6.34. The largest absolute Gasteiger partial charge is 0.399 e. The van der Waals surface area contributed by atoms with E-state index < -0.39 is 0 Å². The quantitative estimate of drug-likeness (QED) is 0.839. The van der Waals surface area contributed by atoms with Crippen molar-refractivity contribution < 1.29 is 4.79 Å². The molecule has 24 heavy (non-hydrogen) atoms. The number of anilines is 1. The van der Waals surface area contributed by atoms with Gasteiger partial charge < -0.3 is 16.4 Å². The van der Waals surface area contributed by atoms with Gasteiger partial charge in [0, 0.05) is 25.3 Å². The first-order valence-corrected chi connectivity index (χ1v) is 8.59. The third-order valence-electron chi connectivity index (χ3n) is 4.66. The Morgan fingerprint density at radius 3 is 2.58 bits per heavy atom. The molecule has 4 N–H and O–H groups in total. The number of amides is 1. The summed E-state index contributed by atoms with van der Waals surface area (Å²) in [6.07, 6.45) is 1.90. The maximum atomic E-state index is 12.7. The smallest absolute Gasteiger partial charge is 0.255 e. The van der Waals surface area contributed by atoms with Crippen LogP contribution in [0.4, 0.5) is 5.69 Å². The van der Waals surface area contributed by atoms with Gasteiger partial charge in [-0.1, -0.05) is 35.9 Å². The zero-order chi connectivity index (χ0) is 17.1. The Kier molecular flexibility index (Phi) is 5.07. The Balaban J connectivity index is 1.67. The number of nitrogen functional groups attached to an aromatic ring is 1. The highest BCUT2D eigenvalue weighted by Crippen LogP contribution is 2.30. The van der Waals surface area contributed by atoms with Crippen molar-refractivity contribution in [2.45, 2.75) is 25.3 Å². The number of hydrogen-bond acceptors (Lipinski definition) is 3. The molecule has 0 aromatic heterocycles. The zero-order valence-electron chi connectivity index (χ0n) is 13.5. The fourth-order valence-electron chi connectivity index (χ4n) is 3.27. The molecule has 0 atom stereocenters. The highest BCUT2D eigenvalue weighted by Gasteiger charge is 2.25. The number of hydrogen-bond donors (Lipinski definition) is 2. The number of benzene rings is 2. The van der Waals surface area contributed by atoms with Crippen molar-refractivity contribution in [3.63, 3.8) is 0 Å². The number of carbonyl (C=O) groups is 1. The SMILES string of the molecule is NCc1cccc(C2CCN(C(=O)c3ccc(N)cc3Cl)CC2)c1. The van der Waals surface area contributed by atoms with Gasteiger partial charge in [0.15, 0.2) is 0 Å². The standard InChI is InChI=1S/C19H22ClN3O/c20-18-11-16(22)4-5-17(18)19(24)23-8-6-14(7-9-23)15-3-1-2-13(10-15)12-21/h1-5,10-11,14H,6-9,12,21-22H2. The van der Waals surface area contributed by atoms with Crippen LogP contribution in [0, 0.1) is 0 Å². The average molecular weight is 344 g/mol. The lowest BCUT2D eigenvalue weighted by Gasteiger charge is -2.32. The van der Waals surface area contributed by atoms with Gasteiger partial charge in [-0.25, -0.2) is 0 Å². The second-order valence-electron chi connectivity index (χ2n) is 6.25. The normalized spacial score (nSPS) is 15.5. The minimum absolute atomic E-state index is 0.0193. The van der Waals surface area contributed by atoms with Crippen LogP contribution in [0.5, 0.6) is 0 Å². The predicted octanol–water partition coefficient (Wildman–Crippen LogP) is 3.40. The molecule has 1 aliphatic rings.